The molecule has 16 heavy (non-hydrogen) atoms. The first-order valence-corrected chi connectivity index (χ1v) is 4.88. The van der Waals surface area contributed by atoms with E-state index < -0.39 is 0 Å². The van der Waals surface area contributed by atoms with Crippen molar-refractivity contribution in [2.75, 3.05) is 11.2 Å². The van der Waals surface area contributed by atoms with Gasteiger partial charge in [0.25, 0.3) is 0 Å². The molecule has 0 aromatic carbocycles. The summed E-state index contributed by atoms with van der Waals surface area (Å²) in [6.45, 7) is 2.02. The average Bonchev–Trinajstić information content (AvgIpc) is 2.76. The minimum atomic E-state index is 0.168. The number of anilines is 2. The van der Waals surface area contributed by atoms with Gasteiger partial charge in [0.05, 0.1) is 0 Å². The summed E-state index contributed by atoms with van der Waals surface area (Å²) >= 11 is 0. The number of hydrogen-bond acceptors (Lipinski definition) is 6. The molecule has 0 aliphatic rings. The van der Waals surface area contributed by atoms with Crippen LogP contribution in [0.25, 0.3) is 5.82 Å². The van der Waals surface area contributed by atoms with Crippen molar-refractivity contribution in [3.05, 3.63) is 24.3 Å². The molecule has 2 heterocycles. The second kappa shape index (κ2) is 4.15. The standard InChI is InChI=1S/C9H13N7/c1-2-7-12-3-4-16(7)8-5-6(15-11)13-9(10)14-8/h3-5H,2,11H2,1H3,(H3,10,13,14,15). The molecule has 0 radical (unpaired) electrons. The van der Waals surface area contributed by atoms with Crippen molar-refractivity contribution >= 4 is 11.8 Å². The highest BCUT2D eigenvalue weighted by molar-refractivity contribution is 5.45. The molecule has 2 aromatic heterocycles. The second-order valence-electron chi connectivity index (χ2n) is 3.18. The van der Waals surface area contributed by atoms with Gasteiger partial charge in [-0.15, -0.1) is 0 Å². The average molecular weight is 219 g/mol. The molecule has 7 heteroatoms. The first-order valence-electron chi connectivity index (χ1n) is 4.88. The summed E-state index contributed by atoms with van der Waals surface area (Å²) < 4.78 is 1.85. The van der Waals surface area contributed by atoms with Crippen LogP contribution in [0.2, 0.25) is 0 Å². The zero-order chi connectivity index (χ0) is 11.5. The van der Waals surface area contributed by atoms with Crippen LogP contribution in [0, 0.1) is 0 Å². The van der Waals surface area contributed by atoms with E-state index in [-0.39, 0.29) is 5.95 Å². The fourth-order valence-corrected chi connectivity index (χ4v) is 1.45. The van der Waals surface area contributed by atoms with E-state index in [4.69, 9.17) is 11.6 Å². The molecule has 0 aliphatic carbocycles. The van der Waals surface area contributed by atoms with Crippen molar-refractivity contribution in [3.63, 3.8) is 0 Å². The van der Waals surface area contributed by atoms with Gasteiger partial charge in [-0.2, -0.15) is 9.97 Å². The zero-order valence-electron chi connectivity index (χ0n) is 8.88. The molecule has 0 fully saturated rings. The minimum absolute atomic E-state index is 0.168. The van der Waals surface area contributed by atoms with Crippen LogP contribution in [-0.2, 0) is 6.42 Å². The Morgan fingerprint density at radius 1 is 1.44 bits per heavy atom. The fourth-order valence-electron chi connectivity index (χ4n) is 1.45. The van der Waals surface area contributed by atoms with E-state index >= 15 is 0 Å². The summed E-state index contributed by atoms with van der Waals surface area (Å²) in [5.74, 6) is 7.48. The normalized spacial score (nSPS) is 10.4. The van der Waals surface area contributed by atoms with E-state index in [1.54, 1.807) is 12.3 Å². The number of aromatic nitrogens is 4. The summed E-state index contributed by atoms with van der Waals surface area (Å²) in [7, 11) is 0. The summed E-state index contributed by atoms with van der Waals surface area (Å²) in [6, 6.07) is 1.71. The Labute approximate surface area is 92.5 Å². The predicted octanol–water partition coefficient (Wildman–Crippen LogP) is 0.0925. The van der Waals surface area contributed by atoms with Gasteiger partial charge in [0, 0.05) is 24.9 Å². The second-order valence-corrected chi connectivity index (χ2v) is 3.18. The number of rotatable bonds is 3. The maximum Gasteiger partial charge on any atom is 0.224 e. The van der Waals surface area contributed by atoms with Crippen LogP contribution in [0.5, 0.6) is 0 Å². The highest BCUT2D eigenvalue weighted by atomic mass is 15.3. The van der Waals surface area contributed by atoms with E-state index in [0.29, 0.717) is 11.6 Å². The SMILES string of the molecule is CCc1nccn1-c1cc(NN)nc(N)n1. The molecule has 0 atom stereocenters. The lowest BCUT2D eigenvalue weighted by atomic mass is 10.4. The molecule has 0 saturated heterocycles. The Balaban J connectivity index is 2.51. The van der Waals surface area contributed by atoms with Crippen LogP contribution in [0.1, 0.15) is 12.7 Å². The maximum absolute atomic E-state index is 5.58. The zero-order valence-corrected chi connectivity index (χ0v) is 8.88. The van der Waals surface area contributed by atoms with E-state index in [9.17, 15) is 0 Å². The highest BCUT2D eigenvalue weighted by Gasteiger charge is 2.07. The molecular weight excluding hydrogens is 206 g/mol. The first-order chi connectivity index (χ1) is 7.74. The van der Waals surface area contributed by atoms with E-state index in [1.165, 1.54) is 0 Å². The van der Waals surface area contributed by atoms with Crippen molar-refractivity contribution < 1.29 is 0 Å². The lowest BCUT2D eigenvalue weighted by Crippen LogP contribution is -2.12. The van der Waals surface area contributed by atoms with Gasteiger partial charge in [0.1, 0.15) is 17.5 Å². The van der Waals surface area contributed by atoms with Crippen LogP contribution in [0.4, 0.5) is 11.8 Å². The van der Waals surface area contributed by atoms with Gasteiger partial charge in [0.2, 0.25) is 5.95 Å². The van der Waals surface area contributed by atoms with E-state index in [2.05, 4.69) is 20.4 Å². The molecule has 0 aliphatic heterocycles. The molecule has 0 amide bonds. The molecule has 0 saturated carbocycles. The van der Waals surface area contributed by atoms with Gasteiger partial charge < -0.3 is 11.2 Å². The lowest BCUT2D eigenvalue weighted by Gasteiger charge is -2.07. The smallest absolute Gasteiger partial charge is 0.224 e. The van der Waals surface area contributed by atoms with Crippen LogP contribution in [-0.4, -0.2) is 19.5 Å². The lowest BCUT2D eigenvalue weighted by molar-refractivity contribution is 0.864. The Morgan fingerprint density at radius 2 is 2.25 bits per heavy atom. The quantitative estimate of drug-likeness (QED) is 0.499. The van der Waals surface area contributed by atoms with Crippen LogP contribution >= 0.6 is 0 Å². The monoisotopic (exact) mass is 219 g/mol. The van der Waals surface area contributed by atoms with E-state index in [1.807, 2.05) is 17.7 Å². The van der Waals surface area contributed by atoms with Gasteiger partial charge in [0.15, 0.2) is 0 Å². The third-order valence-electron chi connectivity index (χ3n) is 2.16. The molecule has 2 aromatic rings. The summed E-state index contributed by atoms with van der Waals surface area (Å²) in [6.07, 6.45) is 4.34. The molecule has 5 N–H and O–H groups in total. The number of nitrogens with two attached hydrogens (primary N) is 2. The Bertz CT molecular complexity index is 490. The summed E-state index contributed by atoms with van der Waals surface area (Å²) in [5, 5.41) is 0. The minimum Gasteiger partial charge on any atom is -0.368 e. The number of nitrogens with zero attached hydrogens (tertiary/aromatic N) is 4. The van der Waals surface area contributed by atoms with Gasteiger partial charge in [-0.1, -0.05) is 6.92 Å². The molecule has 84 valence electrons. The maximum atomic E-state index is 5.58. The van der Waals surface area contributed by atoms with Crippen molar-refractivity contribution in [2.24, 2.45) is 5.84 Å². The topological polar surface area (TPSA) is 108 Å². The molecule has 0 bridgehead atoms. The number of hydrazine groups is 1. The van der Waals surface area contributed by atoms with Crippen molar-refractivity contribution in [1.82, 2.24) is 19.5 Å². The predicted molar refractivity (Wildman–Crippen MR) is 60.8 cm³/mol. The number of hydrogen-bond donors (Lipinski definition) is 3. The van der Waals surface area contributed by atoms with Gasteiger partial charge in [-0.25, -0.2) is 10.8 Å². The molecule has 2 rings (SSSR count). The van der Waals surface area contributed by atoms with Crippen molar-refractivity contribution in [3.8, 4) is 5.82 Å². The van der Waals surface area contributed by atoms with Gasteiger partial charge >= 0.3 is 0 Å². The third kappa shape index (κ3) is 1.80. The van der Waals surface area contributed by atoms with Crippen LogP contribution < -0.4 is 17.0 Å². The van der Waals surface area contributed by atoms with Crippen LogP contribution in [0.3, 0.4) is 0 Å². The number of aryl methyl sites for hydroxylation is 1. The fraction of sp³-hybridized carbons (Fsp3) is 0.222. The highest BCUT2D eigenvalue weighted by Crippen LogP contribution is 2.13. The summed E-state index contributed by atoms with van der Waals surface area (Å²) in [4.78, 5) is 12.2. The number of nitrogens with one attached hydrogen (secondary N) is 1. The Kier molecular flexibility index (Phi) is 2.69. The number of nitrogen functional groups attached to an aromatic ring is 2. The van der Waals surface area contributed by atoms with Crippen molar-refractivity contribution in [1.29, 1.82) is 0 Å². The molecule has 0 spiro atoms. The molecule has 7 nitrogen and oxygen atoms in total. The van der Waals surface area contributed by atoms with E-state index in [0.717, 1.165) is 12.2 Å². The Hall–Kier alpha value is -2.15. The largest absolute Gasteiger partial charge is 0.368 e. The van der Waals surface area contributed by atoms with Gasteiger partial charge in [-0.05, 0) is 0 Å². The van der Waals surface area contributed by atoms with Crippen LogP contribution in [0.15, 0.2) is 18.5 Å². The molecule has 0 unspecified atom stereocenters. The molecular formula is C9H13N7. The third-order valence-corrected chi connectivity index (χ3v) is 2.16. The first kappa shape index (κ1) is 10.4. The van der Waals surface area contributed by atoms with Gasteiger partial charge in [-0.3, -0.25) is 4.57 Å². The Morgan fingerprint density at radius 3 is 2.94 bits per heavy atom. The summed E-state index contributed by atoms with van der Waals surface area (Å²) in [5.41, 5.74) is 8.02. The number of imidazole rings is 1. The van der Waals surface area contributed by atoms with Crippen molar-refractivity contribution in [2.45, 2.75) is 13.3 Å².